The van der Waals surface area contributed by atoms with Crippen LogP contribution < -0.4 is 0 Å². The highest BCUT2D eigenvalue weighted by molar-refractivity contribution is 6.30. The van der Waals surface area contributed by atoms with E-state index in [-0.39, 0.29) is 0 Å². The minimum absolute atomic E-state index is 0.325. The van der Waals surface area contributed by atoms with Gasteiger partial charge in [0.15, 0.2) is 11.6 Å². The highest BCUT2D eigenvalue weighted by atomic mass is 35.5. The van der Waals surface area contributed by atoms with Crippen LogP contribution in [0.4, 0.5) is 0 Å². The van der Waals surface area contributed by atoms with Crippen LogP contribution in [0.3, 0.4) is 0 Å². The van der Waals surface area contributed by atoms with Gasteiger partial charge in [-0.05, 0) is 42.7 Å². The molecule has 0 unspecified atom stereocenters. The lowest BCUT2D eigenvalue weighted by molar-refractivity contribution is -0.130. The van der Waals surface area contributed by atoms with Crippen molar-refractivity contribution in [3.05, 3.63) is 75.9 Å². The van der Waals surface area contributed by atoms with Crippen molar-refractivity contribution in [3.63, 3.8) is 0 Å². The molecule has 0 spiro atoms. The summed E-state index contributed by atoms with van der Waals surface area (Å²) in [7, 11) is 0. The Labute approximate surface area is 140 Å². The minimum atomic E-state index is -0.404. The molecule has 2 aromatic carbocycles. The molecular weight excluding hydrogens is 310 g/mol. The Hall–Kier alpha value is -2.39. The SMILES string of the molecule is Cc1ccc(CCC2=N/C(=C/c3ccc(Cl)cc3)C(=O)O2)cc1. The largest absolute Gasteiger partial charge is 0.407 e. The van der Waals surface area contributed by atoms with Crippen molar-refractivity contribution in [1.82, 2.24) is 0 Å². The molecule has 4 heteroatoms. The fourth-order valence-corrected chi connectivity index (χ4v) is 2.41. The van der Waals surface area contributed by atoms with Crippen LogP contribution in [0.5, 0.6) is 0 Å². The summed E-state index contributed by atoms with van der Waals surface area (Å²) in [6, 6.07) is 15.5. The molecule has 1 aliphatic rings. The van der Waals surface area contributed by atoms with E-state index >= 15 is 0 Å². The van der Waals surface area contributed by atoms with Gasteiger partial charge in [-0.1, -0.05) is 53.6 Å². The molecule has 0 radical (unpaired) electrons. The molecule has 3 rings (SSSR count). The van der Waals surface area contributed by atoms with Gasteiger partial charge in [-0.2, -0.15) is 0 Å². The third-order valence-corrected chi connectivity index (χ3v) is 3.84. The van der Waals surface area contributed by atoms with Crippen LogP contribution >= 0.6 is 11.6 Å². The summed E-state index contributed by atoms with van der Waals surface area (Å²) < 4.78 is 5.23. The molecular formula is C19H16ClNO2. The number of halogens is 1. The van der Waals surface area contributed by atoms with Crippen molar-refractivity contribution in [1.29, 1.82) is 0 Å². The molecule has 2 aromatic rings. The Kier molecular flexibility index (Phi) is 4.58. The average Bonchev–Trinajstić information content (AvgIpc) is 2.89. The van der Waals surface area contributed by atoms with E-state index in [2.05, 4.69) is 36.2 Å². The zero-order valence-electron chi connectivity index (χ0n) is 12.8. The molecule has 0 aromatic heterocycles. The quantitative estimate of drug-likeness (QED) is 0.609. The minimum Gasteiger partial charge on any atom is -0.407 e. The summed E-state index contributed by atoms with van der Waals surface area (Å²) in [6.07, 6.45) is 3.10. The zero-order chi connectivity index (χ0) is 16.2. The first-order valence-corrected chi connectivity index (χ1v) is 7.80. The molecule has 0 saturated carbocycles. The maximum absolute atomic E-state index is 11.9. The van der Waals surface area contributed by atoms with Crippen molar-refractivity contribution >= 4 is 29.5 Å². The van der Waals surface area contributed by atoms with Gasteiger partial charge in [-0.3, -0.25) is 0 Å². The van der Waals surface area contributed by atoms with Crippen LogP contribution in [0.15, 0.2) is 59.2 Å². The van der Waals surface area contributed by atoms with Crippen molar-refractivity contribution in [2.45, 2.75) is 19.8 Å². The number of aryl methyl sites for hydroxylation is 2. The van der Waals surface area contributed by atoms with Crippen molar-refractivity contribution < 1.29 is 9.53 Å². The van der Waals surface area contributed by atoms with E-state index in [0.717, 1.165) is 12.0 Å². The van der Waals surface area contributed by atoms with E-state index in [1.165, 1.54) is 11.1 Å². The van der Waals surface area contributed by atoms with E-state index in [9.17, 15) is 4.79 Å². The number of rotatable bonds is 4. The lowest BCUT2D eigenvalue weighted by Gasteiger charge is -2.01. The fourth-order valence-electron chi connectivity index (χ4n) is 2.28. The topological polar surface area (TPSA) is 38.7 Å². The molecule has 0 fully saturated rings. The van der Waals surface area contributed by atoms with Crippen molar-refractivity contribution in [2.24, 2.45) is 4.99 Å². The molecule has 0 amide bonds. The van der Waals surface area contributed by atoms with E-state index in [1.54, 1.807) is 18.2 Å². The smallest absolute Gasteiger partial charge is 0.363 e. The first kappa shape index (κ1) is 15.5. The first-order chi connectivity index (χ1) is 11.1. The van der Waals surface area contributed by atoms with E-state index in [1.807, 2.05) is 12.1 Å². The normalized spacial score (nSPS) is 15.7. The van der Waals surface area contributed by atoms with Gasteiger partial charge in [0, 0.05) is 11.4 Å². The number of cyclic esters (lactones) is 1. The number of ether oxygens (including phenoxy) is 1. The van der Waals surface area contributed by atoms with E-state index < -0.39 is 5.97 Å². The molecule has 0 aliphatic carbocycles. The predicted molar refractivity (Wildman–Crippen MR) is 92.5 cm³/mol. The van der Waals surface area contributed by atoms with E-state index in [4.69, 9.17) is 16.3 Å². The second-order valence-corrected chi connectivity index (χ2v) is 5.90. The summed E-state index contributed by atoms with van der Waals surface area (Å²) in [5.41, 5.74) is 3.62. The number of nitrogens with zero attached hydrogens (tertiary/aromatic N) is 1. The Morgan fingerprint density at radius 1 is 1.04 bits per heavy atom. The predicted octanol–water partition coefficient (Wildman–Crippen LogP) is 4.58. The molecule has 0 saturated heterocycles. The van der Waals surface area contributed by atoms with Gasteiger partial charge in [0.2, 0.25) is 0 Å². The monoisotopic (exact) mass is 325 g/mol. The van der Waals surface area contributed by atoms with Gasteiger partial charge in [-0.15, -0.1) is 0 Å². The summed E-state index contributed by atoms with van der Waals surface area (Å²) >= 11 is 5.85. The van der Waals surface area contributed by atoms with Crippen LogP contribution in [0, 0.1) is 6.92 Å². The molecule has 0 atom stereocenters. The zero-order valence-corrected chi connectivity index (χ0v) is 13.5. The number of carbonyl (C=O) groups excluding carboxylic acids is 1. The number of esters is 1. The highest BCUT2D eigenvalue weighted by Gasteiger charge is 2.22. The Morgan fingerprint density at radius 2 is 1.74 bits per heavy atom. The van der Waals surface area contributed by atoms with Gasteiger partial charge in [0.25, 0.3) is 0 Å². The highest BCUT2D eigenvalue weighted by Crippen LogP contribution is 2.19. The standard InChI is InChI=1S/C19H16ClNO2/c1-13-2-4-14(5-3-13)8-11-18-21-17(19(22)23-18)12-15-6-9-16(20)10-7-15/h2-7,9-10,12H,8,11H2,1H3/b17-12+. The molecule has 0 bridgehead atoms. The number of hydrogen-bond acceptors (Lipinski definition) is 3. The number of hydrogen-bond donors (Lipinski definition) is 0. The summed E-state index contributed by atoms with van der Waals surface area (Å²) in [5, 5.41) is 0.656. The van der Waals surface area contributed by atoms with Crippen LogP contribution in [0.2, 0.25) is 5.02 Å². The third kappa shape index (κ3) is 4.08. The third-order valence-electron chi connectivity index (χ3n) is 3.59. The maximum Gasteiger partial charge on any atom is 0.363 e. The van der Waals surface area contributed by atoms with Gasteiger partial charge >= 0.3 is 5.97 Å². The molecule has 116 valence electrons. The molecule has 23 heavy (non-hydrogen) atoms. The Balaban J connectivity index is 1.68. The van der Waals surface area contributed by atoms with Crippen LogP contribution in [0.25, 0.3) is 6.08 Å². The first-order valence-electron chi connectivity index (χ1n) is 7.43. The Morgan fingerprint density at radius 3 is 2.43 bits per heavy atom. The van der Waals surface area contributed by atoms with Gasteiger partial charge < -0.3 is 4.74 Å². The number of aliphatic imine (C=N–C) groups is 1. The molecule has 1 aliphatic heterocycles. The van der Waals surface area contributed by atoms with Gasteiger partial charge in [0.1, 0.15) is 0 Å². The molecule has 3 nitrogen and oxygen atoms in total. The summed E-state index contributed by atoms with van der Waals surface area (Å²) in [5.74, 6) is 0.0645. The molecule has 0 N–H and O–H groups in total. The van der Waals surface area contributed by atoms with Gasteiger partial charge in [0.05, 0.1) is 0 Å². The van der Waals surface area contributed by atoms with Crippen LogP contribution in [-0.2, 0) is 16.0 Å². The maximum atomic E-state index is 11.9. The fraction of sp³-hybridized carbons (Fsp3) is 0.158. The Bertz CT molecular complexity index is 774. The van der Waals surface area contributed by atoms with Crippen LogP contribution in [0.1, 0.15) is 23.1 Å². The average molecular weight is 326 g/mol. The number of carbonyl (C=O) groups is 1. The summed E-state index contributed by atoms with van der Waals surface area (Å²) in [6.45, 7) is 2.06. The number of benzene rings is 2. The second-order valence-electron chi connectivity index (χ2n) is 5.46. The van der Waals surface area contributed by atoms with Crippen molar-refractivity contribution in [3.8, 4) is 0 Å². The lowest BCUT2D eigenvalue weighted by Crippen LogP contribution is -2.05. The van der Waals surface area contributed by atoms with Crippen molar-refractivity contribution in [2.75, 3.05) is 0 Å². The van der Waals surface area contributed by atoms with Crippen LogP contribution in [-0.4, -0.2) is 11.9 Å². The van der Waals surface area contributed by atoms with Gasteiger partial charge in [-0.25, -0.2) is 9.79 Å². The lowest BCUT2D eigenvalue weighted by atomic mass is 10.1. The van der Waals surface area contributed by atoms with E-state index in [0.29, 0.717) is 23.0 Å². The second kappa shape index (κ2) is 6.80. The molecule has 1 heterocycles. The summed E-state index contributed by atoms with van der Waals surface area (Å²) in [4.78, 5) is 16.2.